The summed E-state index contributed by atoms with van der Waals surface area (Å²) in [5.74, 6) is 0.989. The highest BCUT2D eigenvalue weighted by atomic mass is 31.1. The summed E-state index contributed by atoms with van der Waals surface area (Å²) in [6, 6.07) is 31.1. The van der Waals surface area contributed by atoms with Gasteiger partial charge in [-0.15, -0.1) is 0 Å². The van der Waals surface area contributed by atoms with Crippen molar-refractivity contribution in [2.45, 2.75) is 66.1 Å². The molecule has 3 nitrogen and oxygen atoms in total. The van der Waals surface area contributed by atoms with Crippen molar-refractivity contribution in [3.63, 3.8) is 0 Å². The summed E-state index contributed by atoms with van der Waals surface area (Å²) in [6.07, 6.45) is 1.91. The molecule has 0 atom stereocenters. The molecular formula is C30H38N3P. The molecule has 0 bridgehead atoms. The topological polar surface area (TPSA) is 36.8 Å². The van der Waals surface area contributed by atoms with Crippen LogP contribution in [0.25, 0.3) is 0 Å². The molecule has 0 aliphatic rings. The predicted octanol–water partition coefficient (Wildman–Crippen LogP) is 6.48. The van der Waals surface area contributed by atoms with Crippen LogP contribution in [-0.2, 0) is 13.0 Å². The van der Waals surface area contributed by atoms with Gasteiger partial charge < -0.3 is 5.32 Å². The van der Waals surface area contributed by atoms with Crippen molar-refractivity contribution in [1.29, 1.82) is 0 Å². The fraction of sp³-hybridized carbons (Fsp3) is 0.333. The molecule has 3 aromatic rings. The Morgan fingerprint density at radius 3 is 1.82 bits per heavy atom. The van der Waals surface area contributed by atoms with Gasteiger partial charge in [0, 0.05) is 25.5 Å². The highest BCUT2D eigenvalue weighted by molar-refractivity contribution is 7.88. The standard InChI is InChI=1S/C30H38N3P/c1-23(2)32-25(5)31-22-27-15-13-12-14-26(27)20-21-30(33-24(3)4)34(28-16-8-6-9-17-28)29-18-10-7-11-19-29/h6-19,23-24H,20-22H2,1-5H3,(H,31,32). The van der Waals surface area contributed by atoms with Gasteiger partial charge in [0.15, 0.2) is 0 Å². The minimum atomic E-state index is -0.668. The fourth-order valence-corrected chi connectivity index (χ4v) is 6.52. The molecule has 0 aliphatic heterocycles. The number of aryl methyl sites for hydroxylation is 1. The third-order valence-corrected chi connectivity index (χ3v) is 7.90. The van der Waals surface area contributed by atoms with Gasteiger partial charge in [-0.05, 0) is 69.2 Å². The van der Waals surface area contributed by atoms with Crippen molar-refractivity contribution in [1.82, 2.24) is 5.32 Å². The van der Waals surface area contributed by atoms with Crippen LogP contribution in [0.2, 0.25) is 0 Å². The molecule has 0 spiro atoms. The minimum absolute atomic E-state index is 0.261. The van der Waals surface area contributed by atoms with E-state index in [4.69, 9.17) is 9.98 Å². The molecule has 0 saturated carbocycles. The molecule has 4 heteroatoms. The van der Waals surface area contributed by atoms with E-state index in [9.17, 15) is 0 Å². The van der Waals surface area contributed by atoms with Crippen LogP contribution < -0.4 is 15.9 Å². The zero-order valence-corrected chi connectivity index (χ0v) is 22.1. The van der Waals surface area contributed by atoms with E-state index in [1.165, 1.54) is 27.2 Å². The second-order valence-electron chi connectivity index (χ2n) is 9.11. The molecule has 1 N–H and O–H groups in total. The summed E-state index contributed by atoms with van der Waals surface area (Å²) in [7, 11) is -0.668. The Balaban J connectivity index is 1.88. The lowest BCUT2D eigenvalue weighted by atomic mass is 10.0. The zero-order valence-electron chi connectivity index (χ0n) is 21.2. The van der Waals surface area contributed by atoms with E-state index in [1.54, 1.807) is 0 Å². The number of nitrogens with one attached hydrogen (secondary N) is 1. The number of benzene rings is 3. The molecule has 3 rings (SSSR count). The van der Waals surface area contributed by atoms with Crippen LogP contribution in [0.1, 0.15) is 52.2 Å². The van der Waals surface area contributed by atoms with Gasteiger partial charge in [0.25, 0.3) is 0 Å². The van der Waals surface area contributed by atoms with Gasteiger partial charge in [0.2, 0.25) is 0 Å². The molecular weight excluding hydrogens is 433 g/mol. The van der Waals surface area contributed by atoms with Gasteiger partial charge in [0.05, 0.1) is 12.4 Å². The molecule has 0 radical (unpaired) electrons. The van der Waals surface area contributed by atoms with Crippen molar-refractivity contribution >= 4 is 29.8 Å². The van der Waals surface area contributed by atoms with E-state index >= 15 is 0 Å². The summed E-state index contributed by atoms with van der Waals surface area (Å²) in [5.41, 5.74) is 3.95. The summed E-state index contributed by atoms with van der Waals surface area (Å²) in [4.78, 5) is 9.97. The summed E-state index contributed by atoms with van der Waals surface area (Å²) in [6.45, 7) is 11.4. The van der Waals surface area contributed by atoms with E-state index in [-0.39, 0.29) is 6.04 Å². The monoisotopic (exact) mass is 471 g/mol. The molecule has 34 heavy (non-hydrogen) atoms. The third kappa shape index (κ3) is 7.92. The molecule has 0 fully saturated rings. The molecule has 178 valence electrons. The first kappa shape index (κ1) is 25.8. The first-order chi connectivity index (χ1) is 16.4. The largest absolute Gasteiger partial charge is 0.372 e. The normalized spacial score (nSPS) is 12.6. The van der Waals surface area contributed by atoms with E-state index in [2.05, 4.69) is 118 Å². The maximum atomic E-state index is 5.19. The number of amidine groups is 1. The highest BCUT2D eigenvalue weighted by Gasteiger charge is 2.21. The SMILES string of the molecule is CC(=NCc1ccccc1CCC(=NC(C)C)P(c1ccccc1)c1ccccc1)NC(C)C. The Kier molecular flexibility index (Phi) is 10.0. The van der Waals surface area contributed by atoms with E-state index in [1.807, 2.05) is 6.92 Å². The number of nitrogens with zero attached hydrogens (tertiary/aromatic N) is 2. The van der Waals surface area contributed by atoms with Crippen LogP contribution in [0.15, 0.2) is 94.9 Å². The second kappa shape index (κ2) is 13.2. The maximum Gasteiger partial charge on any atom is 0.0937 e. The fourth-order valence-electron chi connectivity index (χ4n) is 4.00. The maximum absolute atomic E-state index is 5.19. The van der Waals surface area contributed by atoms with Gasteiger partial charge in [-0.3, -0.25) is 9.98 Å². The molecule has 0 saturated heterocycles. The van der Waals surface area contributed by atoms with Crippen molar-refractivity contribution in [3.8, 4) is 0 Å². The average molecular weight is 472 g/mol. The van der Waals surface area contributed by atoms with Crippen LogP contribution >= 0.6 is 7.92 Å². The Morgan fingerprint density at radius 1 is 0.765 bits per heavy atom. The van der Waals surface area contributed by atoms with Crippen LogP contribution in [-0.4, -0.2) is 23.4 Å². The Morgan fingerprint density at radius 2 is 1.29 bits per heavy atom. The number of hydrogen-bond donors (Lipinski definition) is 1. The van der Waals surface area contributed by atoms with Gasteiger partial charge in [-0.2, -0.15) is 0 Å². The Bertz CT molecular complexity index is 1030. The minimum Gasteiger partial charge on any atom is -0.372 e. The first-order valence-electron chi connectivity index (χ1n) is 12.2. The van der Waals surface area contributed by atoms with Crippen LogP contribution in [0.4, 0.5) is 0 Å². The molecule has 3 aromatic carbocycles. The summed E-state index contributed by atoms with van der Waals surface area (Å²) in [5, 5.41) is 6.10. The molecule has 0 aliphatic carbocycles. The quantitative estimate of drug-likeness (QED) is 0.205. The molecule has 0 unspecified atom stereocenters. The van der Waals surface area contributed by atoms with Crippen molar-refractivity contribution in [2.75, 3.05) is 0 Å². The first-order valence-corrected chi connectivity index (χ1v) is 13.6. The van der Waals surface area contributed by atoms with Crippen LogP contribution in [0.5, 0.6) is 0 Å². The van der Waals surface area contributed by atoms with Crippen LogP contribution in [0, 0.1) is 0 Å². The lowest BCUT2D eigenvalue weighted by Gasteiger charge is -2.22. The second-order valence-corrected chi connectivity index (χ2v) is 11.3. The Labute approximate surface area is 207 Å². The predicted molar refractivity (Wildman–Crippen MR) is 151 cm³/mol. The average Bonchev–Trinajstić information content (AvgIpc) is 2.82. The van der Waals surface area contributed by atoms with E-state index in [0.717, 1.165) is 18.7 Å². The van der Waals surface area contributed by atoms with Crippen molar-refractivity contribution < 1.29 is 0 Å². The lowest BCUT2D eigenvalue weighted by Crippen LogP contribution is -2.27. The van der Waals surface area contributed by atoms with Crippen molar-refractivity contribution in [2.24, 2.45) is 9.98 Å². The highest BCUT2D eigenvalue weighted by Crippen LogP contribution is 2.38. The smallest absolute Gasteiger partial charge is 0.0937 e. The van der Waals surface area contributed by atoms with E-state index < -0.39 is 7.92 Å². The van der Waals surface area contributed by atoms with Gasteiger partial charge >= 0.3 is 0 Å². The van der Waals surface area contributed by atoms with Gasteiger partial charge in [0.1, 0.15) is 0 Å². The van der Waals surface area contributed by atoms with Crippen molar-refractivity contribution in [3.05, 3.63) is 96.1 Å². The summed E-state index contributed by atoms with van der Waals surface area (Å²) >= 11 is 0. The Hall–Kier alpha value is -2.77. The lowest BCUT2D eigenvalue weighted by molar-refractivity contribution is 0.726. The van der Waals surface area contributed by atoms with Gasteiger partial charge in [-0.25, -0.2) is 0 Å². The molecule has 0 heterocycles. The summed E-state index contributed by atoms with van der Waals surface area (Å²) < 4.78 is 0. The van der Waals surface area contributed by atoms with E-state index in [0.29, 0.717) is 12.6 Å². The van der Waals surface area contributed by atoms with Gasteiger partial charge in [-0.1, -0.05) is 84.9 Å². The third-order valence-electron chi connectivity index (χ3n) is 5.41. The molecule has 0 amide bonds. The zero-order chi connectivity index (χ0) is 24.3. The number of rotatable bonds is 10. The number of aliphatic imine (C=N–C) groups is 2. The number of hydrogen-bond acceptors (Lipinski definition) is 2. The molecule has 0 aromatic heterocycles. The van der Waals surface area contributed by atoms with Crippen LogP contribution in [0.3, 0.4) is 0 Å².